The molecule has 29 heavy (non-hydrogen) atoms. The Labute approximate surface area is 168 Å². The number of aromatic nitrogens is 1. The Kier molecular flexibility index (Phi) is 4.82. The van der Waals surface area contributed by atoms with Crippen molar-refractivity contribution < 1.29 is 14.3 Å². The molecule has 1 fully saturated rings. The highest BCUT2D eigenvalue weighted by Gasteiger charge is 2.29. The number of nitrogens with zero attached hydrogens (tertiary/aromatic N) is 1. The molecule has 0 amide bonds. The number of pyridine rings is 2. The Balaban J connectivity index is 1.97. The maximum atomic E-state index is 13.0. The third-order valence-electron chi connectivity index (χ3n) is 5.51. The summed E-state index contributed by atoms with van der Waals surface area (Å²) in [6, 6.07) is 11.1. The molecule has 0 bridgehead atoms. The van der Waals surface area contributed by atoms with Crippen molar-refractivity contribution in [3.63, 3.8) is 0 Å². The van der Waals surface area contributed by atoms with Gasteiger partial charge in [-0.05, 0) is 80.0 Å². The van der Waals surface area contributed by atoms with E-state index < -0.39 is 5.97 Å². The molecule has 0 atom stereocenters. The first-order chi connectivity index (χ1) is 13.9. The van der Waals surface area contributed by atoms with Crippen LogP contribution in [-0.4, -0.2) is 22.8 Å². The maximum Gasteiger partial charge on any atom is 0.343 e. The van der Waals surface area contributed by atoms with Crippen LogP contribution >= 0.6 is 0 Å². The van der Waals surface area contributed by atoms with Crippen molar-refractivity contribution in [2.75, 3.05) is 6.61 Å². The highest BCUT2D eigenvalue weighted by atomic mass is 16.5. The Morgan fingerprint density at radius 2 is 1.93 bits per heavy atom. The zero-order chi connectivity index (χ0) is 20.7. The number of fused-ring (bicyclic) bond motifs is 1. The lowest BCUT2D eigenvalue weighted by atomic mass is 9.95. The van der Waals surface area contributed by atoms with Gasteiger partial charge >= 0.3 is 5.97 Å². The van der Waals surface area contributed by atoms with Gasteiger partial charge in [-0.15, -0.1) is 0 Å². The molecule has 0 spiro atoms. The monoisotopic (exact) mass is 389 g/mol. The lowest BCUT2D eigenvalue weighted by molar-refractivity contribution is 0.0524. The molecule has 1 aliphatic carbocycles. The molecule has 0 aliphatic heterocycles. The molecular weight excluding hydrogens is 366 g/mol. The molecule has 1 aromatic carbocycles. The molecule has 2 aromatic heterocycles. The number of hydrogen-bond acceptors (Lipinski definition) is 4. The number of ketones is 1. The van der Waals surface area contributed by atoms with Gasteiger partial charge in [0.15, 0.2) is 5.78 Å². The summed E-state index contributed by atoms with van der Waals surface area (Å²) < 4.78 is 6.65. The van der Waals surface area contributed by atoms with Crippen molar-refractivity contribution in [1.82, 2.24) is 4.40 Å². The van der Waals surface area contributed by atoms with E-state index in [1.54, 1.807) is 36.6 Å². The SMILES string of the molecule is CCOC(=O)c1cc(C2CC2)c2c(C)c(-c3cccc(C(C)=O)c3)ccn2c1=O. The molecule has 3 aromatic rings. The zero-order valence-electron chi connectivity index (χ0n) is 16.8. The van der Waals surface area contributed by atoms with Crippen LogP contribution in [0, 0.1) is 6.92 Å². The first-order valence-corrected chi connectivity index (χ1v) is 9.89. The number of hydrogen-bond donors (Lipinski definition) is 0. The average molecular weight is 389 g/mol. The van der Waals surface area contributed by atoms with Gasteiger partial charge in [0.1, 0.15) is 5.56 Å². The van der Waals surface area contributed by atoms with E-state index in [0.29, 0.717) is 11.5 Å². The van der Waals surface area contributed by atoms with Crippen molar-refractivity contribution >= 4 is 17.3 Å². The quantitative estimate of drug-likeness (QED) is 0.475. The van der Waals surface area contributed by atoms with E-state index in [9.17, 15) is 14.4 Å². The van der Waals surface area contributed by atoms with E-state index in [2.05, 4.69) is 0 Å². The van der Waals surface area contributed by atoms with Crippen molar-refractivity contribution in [2.24, 2.45) is 0 Å². The van der Waals surface area contributed by atoms with Gasteiger partial charge in [0.2, 0.25) is 0 Å². The van der Waals surface area contributed by atoms with Gasteiger partial charge in [0, 0.05) is 11.8 Å². The normalized spacial score (nSPS) is 13.5. The minimum atomic E-state index is -0.579. The summed E-state index contributed by atoms with van der Waals surface area (Å²) in [5.74, 6) is -0.222. The second kappa shape index (κ2) is 7.32. The summed E-state index contributed by atoms with van der Waals surface area (Å²) in [4.78, 5) is 37.1. The molecule has 148 valence electrons. The Bertz CT molecular complexity index is 1200. The number of rotatable bonds is 5. The van der Waals surface area contributed by atoms with Crippen molar-refractivity contribution in [3.05, 3.63) is 75.2 Å². The number of ether oxygens (including phenoxy) is 1. The van der Waals surface area contributed by atoms with Gasteiger partial charge in [0.05, 0.1) is 12.1 Å². The van der Waals surface area contributed by atoms with E-state index in [-0.39, 0.29) is 23.5 Å². The predicted molar refractivity (Wildman–Crippen MR) is 112 cm³/mol. The summed E-state index contributed by atoms with van der Waals surface area (Å²) in [5, 5.41) is 0. The molecule has 0 radical (unpaired) electrons. The van der Waals surface area contributed by atoms with Crippen LogP contribution in [0.2, 0.25) is 0 Å². The third-order valence-corrected chi connectivity index (χ3v) is 5.51. The van der Waals surface area contributed by atoms with Gasteiger partial charge < -0.3 is 4.74 Å². The minimum absolute atomic E-state index is 0.0132. The van der Waals surface area contributed by atoms with E-state index >= 15 is 0 Å². The summed E-state index contributed by atoms with van der Waals surface area (Å²) >= 11 is 0. The molecule has 5 nitrogen and oxygen atoms in total. The highest BCUT2D eigenvalue weighted by Crippen LogP contribution is 2.43. The second-order valence-corrected chi connectivity index (χ2v) is 7.52. The molecular formula is C24H23NO4. The Morgan fingerprint density at radius 3 is 2.59 bits per heavy atom. The van der Waals surface area contributed by atoms with Crippen LogP contribution in [0.1, 0.15) is 64.4 Å². The first kappa shape index (κ1) is 19.1. The Morgan fingerprint density at radius 1 is 1.17 bits per heavy atom. The van der Waals surface area contributed by atoms with Crippen LogP contribution in [0.3, 0.4) is 0 Å². The third kappa shape index (κ3) is 3.37. The first-order valence-electron chi connectivity index (χ1n) is 9.89. The molecule has 0 saturated heterocycles. The summed E-state index contributed by atoms with van der Waals surface area (Å²) in [7, 11) is 0. The van der Waals surface area contributed by atoms with Gasteiger partial charge in [-0.3, -0.25) is 14.0 Å². The molecule has 1 aliphatic rings. The number of Topliss-reactive ketones (excluding diaryl/α,β-unsaturated/α-hetero) is 1. The molecule has 0 N–H and O–H groups in total. The lowest BCUT2D eigenvalue weighted by Crippen LogP contribution is -2.25. The number of benzene rings is 1. The number of aryl methyl sites for hydroxylation is 1. The van der Waals surface area contributed by atoms with Gasteiger partial charge in [-0.2, -0.15) is 0 Å². The largest absolute Gasteiger partial charge is 0.462 e. The molecule has 0 unspecified atom stereocenters. The lowest BCUT2D eigenvalue weighted by Gasteiger charge is -2.16. The van der Waals surface area contributed by atoms with E-state index in [0.717, 1.165) is 40.6 Å². The van der Waals surface area contributed by atoms with Crippen LogP contribution in [0.25, 0.3) is 16.6 Å². The second-order valence-electron chi connectivity index (χ2n) is 7.52. The highest BCUT2D eigenvalue weighted by molar-refractivity contribution is 5.95. The maximum absolute atomic E-state index is 13.0. The number of carbonyl (C=O) groups excluding carboxylic acids is 2. The van der Waals surface area contributed by atoms with Crippen molar-refractivity contribution in [2.45, 2.75) is 39.5 Å². The topological polar surface area (TPSA) is 64.8 Å². The van der Waals surface area contributed by atoms with Crippen LogP contribution in [-0.2, 0) is 4.74 Å². The minimum Gasteiger partial charge on any atom is -0.462 e. The standard InChI is InChI=1S/C24H23NO4/c1-4-29-24(28)21-13-20(16-8-9-16)22-14(2)19(10-11-25(22)23(21)27)18-7-5-6-17(12-18)15(3)26/h5-7,10-13,16H,4,8-9H2,1-3H3. The van der Waals surface area contributed by atoms with Gasteiger partial charge in [0.25, 0.3) is 5.56 Å². The molecule has 2 heterocycles. The van der Waals surface area contributed by atoms with Crippen molar-refractivity contribution in [1.29, 1.82) is 0 Å². The summed E-state index contributed by atoms with van der Waals surface area (Å²) in [6.45, 7) is 5.49. The fraction of sp³-hybridized carbons (Fsp3) is 0.292. The van der Waals surface area contributed by atoms with Crippen LogP contribution in [0.15, 0.2) is 47.4 Å². The van der Waals surface area contributed by atoms with Gasteiger partial charge in [-0.25, -0.2) is 4.79 Å². The molecule has 5 heteroatoms. The van der Waals surface area contributed by atoms with Crippen molar-refractivity contribution in [3.8, 4) is 11.1 Å². The average Bonchev–Trinajstić information content (AvgIpc) is 3.54. The number of carbonyl (C=O) groups is 2. The van der Waals surface area contributed by atoms with Gasteiger partial charge in [-0.1, -0.05) is 18.2 Å². The predicted octanol–water partition coefficient (Wildman–Crippen LogP) is 4.53. The number of esters is 1. The smallest absolute Gasteiger partial charge is 0.343 e. The van der Waals surface area contributed by atoms with E-state index in [4.69, 9.17) is 4.74 Å². The van der Waals surface area contributed by atoms with Crippen LogP contribution < -0.4 is 5.56 Å². The fourth-order valence-corrected chi connectivity index (χ4v) is 3.88. The fourth-order valence-electron chi connectivity index (χ4n) is 3.88. The summed E-state index contributed by atoms with van der Waals surface area (Å²) in [6.07, 6.45) is 3.80. The van der Waals surface area contributed by atoms with Crippen LogP contribution in [0.4, 0.5) is 0 Å². The van der Waals surface area contributed by atoms with Crippen LogP contribution in [0.5, 0.6) is 0 Å². The molecule has 4 rings (SSSR count). The molecule has 1 saturated carbocycles. The zero-order valence-corrected chi connectivity index (χ0v) is 16.8. The Hall–Kier alpha value is -3.21. The summed E-state index contributed by atoms with van der Waals surface area (Å²) in [5.41, 5.74) is 5.08. The van der Waals surface area contributed by atoms with E-state index in [1.807, 2.05) is 31.2 Å². The van der Waals surface area contributed by atoms with E-state index in [1.165, 1.54) is 0 Å².